The van der Waals surface area contributed by atoms with E-state index in [-0.39, 0.29) is 5.92 Å². The molecule has 8 heteroatoms. The predicted molar refractivity (Wildman–Crippen MR) is 77.7 cm³/mol. The molecule has 1 heterocycles. The van der Waals surface area contributed by atoms with Gasteiger partial charge < -0.3 is 13.6 Å². The first kappa shape index (κ1) is 16.1. The minimum Gasteiger partial charge on any atom is -0.337 e. The molecule has 0 N–H and O–H groups in total. The first-order valence-electron chi connectivity index (χ1n) is 5.85. The van der Waals surface area contributed by atoms with E-state index in [9.17, 15) is 0 Å². The van der Waals surface area contributed by atoms with Gasteiger partial charge in [-0.3, -0.25) is 0 Å². The van der Waals surface area contributed by atoms with Gasteiger partial charge in [-0.25, -0.2) is 0 Å². The first-order valence-corrected chi connectivity index (χ1v) is 9.07. The summed E-state index contributed by atoms with van der Waals surface area (Å²) in [6, 6.07) is 0. The van der Waals surface area contributed by atoms with E-state index in [0.717, 1.165) is 0 Å². The van der Waals surface area contributed by atoms with E-state index in [1.54, 1.807) is 0 Å². The molecule has 0 fully saturated rings. The molecular weight excluding hydrogens is 291 g/mol. The smallest absolute Gasteiger partial charge is 0.249 e. The van der Waals surface area contributed by atoms with Gasteiger partial charge in [0.2, 0.25) is 12.4 Å². The maximum absolute atomic E-state index is 5.56. The molecule has 104 valence electrons. The molecule has 1 rings (SSSR count). The zero-order valence-corrected chi connectivity index (χ0v) is 13.6. The van der Waals surface area contributed by atoms with E-state index in [0.29, 0.717) is 24.9 Å². The van der Waals surface area contributed by atoms with E-state index >= 15 is 0 Å². The maximum atomic E-state index is 5.56. The van der Waals surface area contributed by atoms with Crippen molar-refractivity contribution in [1.29, 1.82) is 0 Å². The van der Waals surface area contributed by atoms with Crippen LogP contribution in [0.2, 0.25) is 0 Å². The summed E-state index contributed by atoms with van der Waals surface area (Å²) >= 11 is 9.89. The Hall–Kier alpha value is 0.0600. The summed E-state index contributed by atoms with van der Waals surface area (Å²) in [6.45, 7) is 6.11. The van der Waals surface area contributed by atoms with Crippen molar-refractivity contribution in [2.45, 2.75) is 38.6 Å². The van der Waals surface area contributed by atoms with E-state index in [1.807, 2.05) is 27.7 Å². The van der Waals surface area contributed by atoms with Crippen molar-refractivity contribution in [3.05, 3.63) is 11.7 Å². The van der Waals surface area contributed by atoms with Gasteiger partial charge in [0.15, 0.2) is 10.8 Å². The van der Waals surface area contributed by atoms with Crippen molar-refractivity contribution in [1.82, 2.24) is 10.1 Å². The molecule has 18 heavy (non-hydrogen) atoms. The molecule has 1 aromatic rings. The molecule has 0 aliphatic heterocycles. The lowest BCUT2D eigenvalue weighted by Crippen LogP contribution is -2.02. The van der Waals surface area contributed by atoms with Crippen LogP contribution in [0.15, 0.2) is 4.52 Å². The fourth-order valence-corrected chi connectivity index (χ4v) is 4.12. The number of hydrogen-bond donors (Lipinski definition) is 1. The van der Waals surface area contributed by atoms with Crippen LogP contribution >= 0.6 is 19.1 Å². The number of rotatable bonds is 7. The minimum absolute atomic E-state index is 0.195. The Morgan fingerprint density at radius 3 is 2.28 bits per heavy atom. The molecule has 5 nitrogen and oxygen atoms in total. The molecule has 0 aromatic carbocycles. The van der Waals surface area contributed by atoms with Crippen LogP contribution in [0.4, 0.5) is 0 Å². The standard InChI is InChI=1S/C10H19N2O3PS2/c1-5-13-16(18,14-6-2)10(17)9-11-8(7(3)4)12-15-9/h7,10,17H,5-6H2,1-4H3. The Morgan fingerprint density at radius 2 is 1.89 bits per heavy atom. The third kappa shape index (κ3) is 3.78. The normalized spacial score (nSPS) is 14.1. The number of nitrogens with zero attached hydrogens (tertiary/aromatic N) is 2. The molecule has 0 bridgehead atoms. The Balaban J connectivity index is 2.94. The van der Waals surface area contributed by atoms with Crippen molar-refractivity contribution in [2.75, 3.05) is 13.2 Å². The summed E-state index contributed by atoms with van der Waals surface area (Å²) in [6.07, 6.45) is 0. The van der Waals surface area contributed by atoms with Crippen LogP contribution in [-0.4, -0.2) is 23.4 Å². The number of thiol groups is 1. The van der Waals surface area contributed by atoms with Crippen molar-refractivity contribution < 1.29 is 13.6 Å². The van der Waals surface area contributed by atoms with Crippen LogP contribution in [0.3, 0.4) is 0 Å². The molecule has 0 amide bonds. The molecule has 0 spiro atoms. The molecule has 0 saturated heterocycles. The number of aromatic nitrogens is 2. The molecule has 0 aliphatic rings. The van der Waals surface area contributed by atoms with Gasteiger partial charge in [-0.05, 0) is 25.7 Å². The van der Waals surface area contributed by atoms with Crippen LogP contribution in [-0.2, 0) is 20.9 Å². The van der Waals surface area contributed by atoms with Gasteiger partial charge in [0.05, 0.1) is 13.2 Å². The van der Waals surface area contributed by atoms with Crippen LogP contribution < -0.4 is 0 Å². The van der Waals surface area contributed by atoms with Crippen molar-refractivity contribution in [3.8, 4) is 0 Å². The predicted octanol–water partition coefficient (Wildman–Crippen LogP) is 3.50. The fraction of sp³-hybridized carbons (Fsp3) is 0.800. The molecule has 1 unspecified atom stereocenters. The molecule has 1 aromatic heterocycles. The highest BCUT2D eigenvalue weighted by atomic mass is 32.5. The van der Waals surface area contributed by atoms with Crippen LogP contribution in [0.5, 0.6) is 0 Å². The van der Waals surface area contributed by atoms with Gasteiger partial charge in [0, 0.05) is 5.92 Å². The Bertz CT molecular complexity index is 415. The fourth-order valence-electron chi connectivity index (χ4n) is 1.26. The van der Waals surface area contributed by atoms with E-state index in [1.165, 1.54) is 0 Å². The van der Waals surface area contributed by atoms with Crippen LogP contribution in [0.1, 0.15) is 50.3 Å². The SMILES string of the molecule is CCOP(=S)(OCC)C(S)c1nc(C(C)C)no1. The molecule has 1 atom stereocenters. The Labute approximate surface area is 118 Å². The van der Waals surface area contributed by atoms with Crippen LogP contribution in [0, 0.1) is 0 Å². The monoisotopic (exact) mass is 310 g/mol. The van der Waals surface area contributed by atoms with Crippen molar-refractivity contribution >= 4 is 30.9 Å². The lowest BCUT2D eigenvalue weighted by molar-refractivity contribution is 0.260. The van der Waals surface area contributed by atoms with E-state index in [2.05, 4.69) is 22.8 Å². The van der Waals surface area contributed by atoms with Crippen molar-refractivity contribution in [3.63, 3.8) is 0 Å². The average molecular weight is 310 g/mol. The molecular formula is C10H19N2O3PS2. The zero-order valence-electron chi connectivity index (χ0n) is 11.0. The van der Waals surface area contributed by atoms with Gasteiger partial charge in [-0.1, -0.05) is 19.0 Å². The Morgan fingerprint density at radius 1 is 1.33 bits per heavy atom. The van der Waals surface area contributed by atoms with E-state index in [4.69, 9.17) is 25.4 Å². The summed E-state index contributed by atoms with van der Waals surface area (Å²) in [7, 11) is 0. The van der Waals surface area contributed by atoms with Gasteiger partial charge in [-0.15, -0.1) is 0 Å². The van der Waals surface area contributed by atoms with Gasteiger partial charge >= 0.3 is 0 Å². The summed E-state index contributed by atoms with van der Waals surface area (Å²) in [5.41, 5.74) is 0. The number of hydrogen-bond acceptors (Lipinski definition) is 7. The second kappa shape index (κ2) is 7.01. The molecule has 0 aliphatic carbocycles. The highest BCUT2D eigenvalue weighted by Gasteiger charge is 2.33. The minimum atomic E-state index is -2.55. The highest BCUT2D eigenvalue weighted by molar-refractivity contribution is 8.14. The average Bonchev–Trinajstić information content (AvgIpc) is 2.77. The molecule has 0 saturated carbocycles. The summed E-state index contributed by atoms with van der Waals surface area (Å²) in [4.78, 5) is 3.79. The second-order valence-corrected chi connectivity index (χ2v) is 8.46. The summed E-state index contributed by atoms with van der Waals surface area (Å²) in [5, 5.41) is 3.90. The first-order chi connectivity index (χ1) is 8.44. The quantitative estimate of drug-likeness (QED) is 0.614. The Kier molecular flexibility index (Phi) is 6.27. The van der Waals surface area contributed by atoms with Crippen LogP contribution in [0.25, 0.3) is 0 Å². The largest absolute Gasteiger partial charge is 0.337 e. The van der Waals surface area contributed by atoms with Gasteiger partial charge in [-0.2, -0.15) is 17.6 Å². The topological polar surface area (TPSA) is 57.4 Å². The van der Waals surface area contributed by atoms with Gasteiger partial charge in [0.1, 0.15) is 0 Å². The highest BCUT2D eigenvalue weighted by Crippen LogP contribution is 2.62. The van der Waals surface area contributed by atoms with Gasteiger partial charge in [0.25, 0.3) is 0 Å². The van der Waals surface area contributed by atoms with Crippen molar-refractivity contribution in [2.24, 2.45) is 0 Å². The lowest BCUT2D eigenvalue weighted by atomic mass is 10.2. The summed E-state index contributed by atoms with van der Waals surface area (Å²) < 4.78 is 16.3. The maximum Gasteiger partial charge on any atom is 0.249 e. The lowest BCUT2D eigenvalue weighted by Gasteiger charge is -2.24. The second-order valence-electron chi connectivity index (χ2n) is 3.89. The molecule has 0 radical (unpaired) electrons. The third-order valence-electron chi connectivity index (χ3n) is 2.11. The zero-order chi connectivity index (χ0) is 13.8. The summed E-state index contributed by atoms with van der Waals surface area (Å²) in [5.74, 6) is 1.20. The third-order valence-corrected chi connectivity index (χ3v) is 7.04. The van der Waals surface area contributed by atoms with E-state index < -0.39 is 11.5 Å².